The number of ether oxygens (including phenoxy) is 1. The lowest BCUT2D eigenvalue weighted by atomic mass is 10.2. The van der Waals surface area contributed by atoms with Gasteiger partial charge >= 0.3 is 0 Å². The van der Waals surface area contributed by atoms with E-state index < -0.39 is 18.5 Å². The van der Waals surface area contributed by atoms with Gasteiger partial charge in [0.05, 0.1) is 28.3 Å². The average molecular weight is 511 g/mol. The van der Waals surface area contributed by atoms with Crippen LogP contribution in [0.25, 0.3) is 0 Å². The van der Waals surface area contributed by atoms with Crippen LogP contribution < -0.4 is 39.2 Å². The number of quaternary nitrogens is 1. The number of halogens is 2. The topological polar surface area (TPSA) is 51.2 Å². The number of aromatic nitrogens is 1. The van der Waals surface area contributed by atoms with Crippen molar-refractivity contribution in [3.05, 3.63) is 12.3 Å². The van der Waals surface area contributed by atoms with Crippen LogP contribution in [0.2, 0.25) is 10.1 Å². The van der Waals surface area contributed by atoms with Crippen LogP contribution in [0.1, 0.15) is 41.5 Å². The Morgan fingerprint density at radius 2 is 1.67 bits per heavy atom. The molecular formula is C19H35FIN3O2Si. The molecular weight excluding hydrogens is 476 g/mol. The van der Waals surface area contributed by atoms with Crippen LogP contribution in [0.15, 0.2) is 12.3 Å². The molecule has 1 aromatic heterocycles. The maximum absolute atomic E-state index is 16.5. The number of nitrogens with zero attached hydrogens (tertiary/aromatic N) is 2. The van der Waals surface area contributed by atoms with E-state index in [9.17, 15) is 4.79 Å². The van der Waals surface area contributed by atoms with Gasteiger partial charge in [-0.25, -0.2) is 4.98 Å². The Labute approximate surface area is 181 Å². The van der Waals surface area contributed by atoms with E-state index in [-0.39, 0.29) is 29.9 Å². The fraction of sp³-hybridized carbons (Fsp3) is 0.684. The lowest BCUT2D eigenvalue weighted by molar-refractivity contribution is -0.861. The predicted octanol–water partition coefficient (Wildman–Crippen LogP) is 0.461. The minimum absolute atomic E-state index is 0. The summed E-state index contributed by atoms with van der Waals surface area (Å²) in [6.07, 6.45) is 1.54. The van der Waals surface area contributed by atoms with Gasteiger partial charge in [0.25, 0.3) is 14.3 Å². The highest BCUT2D eigenvalue weighted by atomic mass is 127. The number of carbonyl (C=O) groups is 1. The molecule has 0 saturated carbocycles. The summed E-state index contributed by atoms with van der Waals surface area (Å²) in [4.78, 5) is 16.5. The number of likely N-dealkylation sites (N-methyl/N-ethyl adjacent to an activating group) is 1. The van der Waals surface area contributed by atoms with Crippen molar-refractivity contribution in [1.82, 2.24) is 4.98 Å². The molecule has 0 fully saturated rings. The summed E-state index contributed by atoms with van der Waals surface area (Å²) in [5.74, 6) is 0.679. The zero-order valence-corrected chi connectivity index (χ0v) is 21.5. The zero-order chi connectivity index (χ0) is 20.6. The fourth-order valence-corrected chi connectivity index (χ4v) is 8.10. The highest BCUT2D eigenvalue weighted by Crippen LogP contribution is 2.52. The van der Waals surface area contributed by atoms with Gasteiger partial charge in [0, 0.05) is 17.4 Å². The molecule has 8 heteroatoms. The van der Waals surface area contributed by atoms with Crippen LogP contribution in [0.5, 0.6) is 5.75 Å². The average Bonchev–Trinajstić information content (AvgIpc) is 2.41. The molecule has 0 bridgehead atoms. The number of hydrogen-bond acceptors (Lipinski definition) is 3. The SMILES string of the molecule is COc1cc(NC(=O)C[N+](C)(C)C)ncc1[Si](F)(C(C)(C)C)C(C)(C)C.[I-]. The molecule has 1 N–H and O–H groups in total. The first-order chi connectivity index (χ1) is 11.5. The smallest absolute Gasteiger partial charge is 0.293 e. The highest BCUT2D eigenvalue weighted by Gasteiger charge is 2.58. The Morgan fingerprint density at radius 1 is 1.19 bits per heavy atom. The second-order valence-corrected chi connectivity index (χ2v) is 14.8. The molecule has 1 heterocycles. The highest BCUT2D eigenvalue weighted by molar-refractivity contribution is 6.91. The van der Waals surface area contributed by atoms with E-state index in [2.05, 4.69) is 10.3 Å². The maximum atomic E-state index is 16.5. The molecule has 0 aromatic carbocycles. The van der Waals surface area contributed by atoms with Gasteiger partial charge in [-0.2, -0.15) is 0 Å². The van der Waals surface area contributed by atoms with E-state index in [4.69, 9.17) is 4.74 Å². The summed E-state index contributed by atoms with van der Waals surface area (Å²) in [6.45, 7) is 11.9. The summed E-state index contributed by atoms with van der Waals surface area (Å²) in [5.41, 5.74) is 0. The number of carbonyl (C=O) groups excluding carboxylic acids is 1. The van der Waals surface area contributed by atoms with E-state index in [0.29, 0.717) is 27.8 Å². The molecule has 156 valence electrons. The number of methoxy groups -OCH3 is 1. The number of rotatable bonds is 5. The minimum atomic E-state index is -3.50. The number of anilines is 1. The molecule has 0 aliphatic rings. The van der Waals surface area contributed by atoms with E-state index >= 15 is 4.11 Å². The van der Waals surface area contributed by atoms with Gasteiger partial charge in [-0.05, 0) is 10.1 Å². The minimum Gasteiger partial charge on any atom is -1.00 e. The van der Waals surface area contributed by atoms with Gasteiger partial charge < -0.3 is 42.6 Å². The van der Waals surface area contributed by atoms with E-state index in [1.165, 1.54) is 7.11 Å². The Hall–Kier alpha value is -0.743. The normalized spacial score (nSPS) is 13.0. The quantitative estimate of drug-likeness (QED) is 0.271. The Morgan fingerprint density at radius 3 is 2.04 bits per heavy atom. The predicted molar refractivity (Wildman–Crippen MR) is 108 cm³/mol. The van der Waals surface area contributed by atoms with Gasteiger partial charge in [-0.15, -0.1) is 0 Å². The van der Waals surface area contributed by atoms with Crippen molar-refractivity contribution < 1.29 is 42.1 Å². The van der Waals surface area contributed by atoms with Crippen molar-refractivity contribution in [3.63, 3.8) is 0 Å². The standard InChI is InChI=1S/C19H34FN3O2Si.HI/c1-18(2,3)26(20,19(4,5)6)15-12-21-16(11-14(15)25-10)22-17(24)13-23(7,8)9;/h11-12H,13H2,1-10H3;1H. The summed E-state index contributed by atoms with van der Waals surface area (Å²) in [6, 6.07) is 1.63. The van der Waals surface area contributed by atoms with Crippen molar-refractivity contribution in [2.45, 2.75) is 51.6 Å². The van der Waals surface area contributed by atoms with Crippen molar-refractivity contribution in [2.24, 2.45) is 0 Å². The van der Waals surface area contributed by atoms with Crippen molar-refractivity contribution >= 4 is 25.3 Å². The van der Waals surface area contributed by atoms with Crippen LogP contribution in [0.4, 0.5) is 9.93 Å². The van der Waals surface area contributed by atoms with Gasteiger partial charge in [0.2, 0.25) is 0 Å². The largest absolute Gasteiger partial charge is 1.00 e. The Bertz CT molecular complexity index is 650. The van der Waals surface area contributed by atoms with Crippen LogP contribution in [0.3, 0.4) is 0 Å². The number of pyridine rings is 1. The van der Waals surface area contributed by atoms with Crippen LogP contribution >= 0.6 is 0 Å². The van der Waals surface area contributed by atoms with Gasteiger partial charge in [-0.1, -0.05) is 41.5 Å². The fourth-order valence-electron chi connectivity index (χ4n) is 3.48. The van der Waals surface area contributed by atoms with Gasteiger partial charge in [0.1, 0.15) is 11.6 Å². The molecule has 0 unspecified atom stereocenters. The molecule has 1 rings (SSSR count). The second kappa shape index (κ2) is 8.73. The van der Waals surface area contributed by atoms with Crippen molar-refractivity contribution in [3.8, 4) is 5.75 Å². The third-order valence-corrected chi connectivity index (χ3v) is 9.66. The summed E-state index contributed by atoms with van der Waals surface area (Å²) in [7, 11) is 3.84. The molecule has 27 heavy (non-hydrogen) atoms. The first-order valence-corrected chi connectivity index (χ1v) is 10.7. The molecule has 0 radical (unpaired) electrons. The molecule has 1 amide bonds. The third kappa shape index (κ3) is 6.12. The van der Waals surface area contributed by atoms with Crippen LogP contribution in [0, 0.1) is 0 Å². The molecule has 1 aromatic rings. The third-order valence-electron chi connectivity index (χ3n) is 4.41. The first-order valence-electron chi connectivity index (χ1n) is 8.86. The monoisotopic (exact) mass is 511 g/mol. The molecule has 0 spiro atoms. The molecule has 0 atom stereocenters. The van der Waals surface area contributed by atoms with E-state index in [1.54, 1.807) is 12.3 Å². The van der Waals surface area contributed by atoms with Crippen LogP contribution in [-0.2, 0) is 4.79 Å². The Kier molecular flexibility index (Phi) is 8.49. The summed E-state index contributed by atoms with van der Waals surface area (Å²) < 4.78 is 22.5. The molecule has 5 nitrogen and oxygen atoms in total. The van der Waals surface area contributed by atoms with Crippen LogP contribution in [-0.4, -0.2) is 58.6 Å². The second-order valence-electron chi connectivity index (χ2n) is 9.92. The summed E-state index contributed by atoms with van der Waals surface area (Å²) in [5, 5.41) is 2.24. The molecule has 0 aliphatic heterocycles. The number of hydrogen-bond donors (Lipinski definition) is 1. The zero-order valence-electron chi connectivity index (χ0n) is 18.3. The van der Waals surface area contributed by atoms with Gasteiger partial charge in [-0.3, -0.25) is 4.79 Å². The van der Waals surface area contributed by atoms with Crippen molar-refractivity contribution in [2.75, 3.05) is 40.1 Å². The molecule has 0 aliphatic carbocycles. The van der Waals surface area contributed by atoms with E-state index in [0.717, 1.165) is 0 Å². The molecule has 0 saturated heterocycles. The lowest BCUT2D eigenvalue weighted by Crippen LogP contribution is -3.00. The maximum Gasteiger partial charge on any atom is 0.293 e. The van der Waals surface area contributed by atoms with E-state index in [1.807, 2.05) is 62.7 Å². The van der Waals surface area contributed by atoms with Gasteiger partial charge in [0.15, 0.2) is 6.54 Å². The summed E-state index contributed by atoms with van der Waals surface area (Å²) >= 11 is 0. The first kappa shape index (κ1) is 26.3. The Balaban J connectivity index is 0.00000676. The lowest BCUT2D eigenvalue weighted by Gasteiger charge is -2.45. The number of amides is 1. The van der Waals surface area contributed by atoms with Crippen molar-refractivity contribution in [1.29, 1.82) is 0 Å². The number of nitrogens with one attached hydrogen (secondary N) is 1.